The van der Waals surface area contributed by atoms with Crippen LogP contribution in [-0.4, -0.2) is 37.4 Å². The van der Waals surface area contributed by atoms with Crippen LogP contribution in [0.25, 0.3) is 0 Å². The number of ether oxygens (including phenoxy) is 1. The maximum absolute atomic E-state index is 12.3. The van der Waals surface area contributed by atoms with Crippen molar-refractivity contribution in [2.45, 2.75) is 12.8 Å². The molecule has 0 saturated carbocycles. The van der Waals surface area contributed by atoms with Crippen molar-refractivity contribution in [3.8, 4) is 5.75 Å². The van der Waals surface area contributed by atoms with Gasteiger partial charge in [-0.25, -0.2) is 0 Å². The molecule has 0 N–H and O–H groups in total. The van der Waals surface area contributed by atoms with Gasteiger partial charge in [-0.2, -0.15) is 0 Å². The summed E-state index contributed by atoms with van der Waals surface area (Å²) in [6.07, 6.45) is 1.91. The van der Waals surface area contributed by atoms with Crippen LogP contribution in [0.15, 0.2) is 35.7 Å². The van der Waals surface area contributed by atoms with E-state index in [1.807, 2.05) is 25.2 Å². The Balaban J connectivity index is 1.55. The number of nitrogens with zero attached hydrogens (tertiary/aromatic N) is 1. The number of hydrogen-bond acceptors (Lipinski definition) is 4. The third-order valence-corrected chi connectivity index (χ3v) is 4.68. The van der Waals surface area contributed by atoms with E-state index in [9.17, 15) is 4.79 Å². The molecular weight excluding hydrogens is 282 g/mol. The molecule has 0 bridgehead atoms. The number of hydrogen-bond donors (Lipinski definition) is 0. The lowest BCUT2D eigenvalue weighted by molar-refractivity contribution is 0.0947. The molecule has 21 heavy (non-hydrogen) atoms. The Morgan fingerprint density at radius 3 is 3.10 bits per heavy atom. The molecule has 0 unspecified atom stereocenters. The van der Waals surface area contributed by atoms with Crippen LogP contribution >= 0.6 is 11.3 Å². The molecule has 0 saturated heterocycles. The van der Waals surface area contributed by atoms with Gasteiger partial charge in [-0.3, -0.25) is 9.69 Å². The van der Waals surface area contributed by atoms with Crippen molar-refractivity contribution in [2.24, 2.45) is 0 Å². The minimum absolute atomic E-state index is 0.179. The van der Waals surface area contributed by atoms with Gasteiger partial charge < -0.3 is 4.74 Å². The molecule has 2 aromatic rings. The second kappa shape index (κ2) is 6.41. The van der Waals surface area contributed by atoms with Gasteiger partial charge in [0.2, 0.25) is 0 Å². The van der Waals surface area contributed by atoms with E-state index in [0.717, 1.165) is 42.9 Å². The normalized spacial score (nSPS) is 13.2. The highest BCUT2D eigenvalue weighted by molar-refractivity contribution is 7.09. The van der Waals surface area contributed by atoms with E-state index in [1.165, 1.54) is 4.88 Å². The standard InChI is InChI=1S/C17H19NO2S/c1-18(8-6-15-3-2-10-21-15)12-16(19)13-4-5-17-14(11-13)7-9-20-17/h2-5,10-11H,6-9,12H2,1H3. The first-order valence-electron chi connectivity index (χ1n) is 7.22. The zero-order valence-electron chi connectivity index (χ0n) is 12.2. The van der Waals surface area contributed by atoms with Crippen LogP contribution in [0.5, 0.6) is 5.75 Å². The summed E-state index contributed by atoms with van der Waals surface area (Å²) in [5.41, 5.74) is 1.95. The number of fused-ring (bicyclic) bond motifs is 1. The van der Waals surface area contributed by atoms with Gasteiger partial charge in [0.25, 0.3) is 0 Å². The van der Waals surface area contributed by atoms with Gasteiger partial charge in [-0.05, 0) is 48.7 Å². The third-order valence-electron chi connectivity index (χ3n) is 3.74. The Morgan fingerprint density at radius 2 is 2.29 bits per heavy atom. The van der Waals surface area contributed by atoms with E-state index >= 15 is 0 Å². The van der Waals surface area contributed by atoms with Gasteiger partial charge in [0.15, 0.2) is 5.78 Å². The highest BCUT2D eigenvalue weighted by Crippen LogP contribution is 2.26. The summed E-state index contributed by atoms with van der Waals surface area (Å²) >= 11 is 1.77. The second-order valence-electron chi connectivity index (χ2n) is 5.41. The van der Waals surface area contributed by atoms with Gasteiger partial charge >= 0.3 is 0 Å². The van der Waals surface area contributed by atoms with Crippen LogP contribution in [0.4, 0.5) is 0 Å². The fraction of sp³-hybridized carbons (Fsp3) is 0.353. The van der Waals surface area contributed by atoms with Gasteiger partial charge in [-0.1, -0.05) is 6.07 Å². The number of thiophene rings is 1. The fourth-order valence-electron chi connectivity index (χ4n) is 2.53. The first-order chi connectivity index (χ1) is 10.2. The van der Waals surface area contributed by atoms with Crippen LogP contribution in [0.3, 0.4) is 0 Å². The Hall–Kier alpha value is -1.65. The number of carbonyl (C=O) groups is 1. The number of likely N-dealkylation sites (N-methyl/N-ethyl adjacent to an activating group) is 1. The summed E-state index contributed by atoms with van der Waals surface area (Å²) in [6.45, 7) is 2.10. The molecule has 110 valence electrons. The minimum atomic E-state index is 0.179. The van der Waals surface area contributed by atoms with E-state index in [0.29, 0.717) is 6.54 Å². The monoisotopic (exact) mass is 301 g/mol. The molecule has 0 amide bonds. The molecule has 0 fully saturated rings. The molecular formula is C17H19NO2S. The van der Waals surface area contributed by atoms with E-state index in [1.54, 1.807) is 11.3 Å². The average Bonchev–Trinajstić information content (AvgIpc) is 3.15. The highest BCUT2D eigenvalue weighted by Gasteiger charge is 2.16. The summed E-state index contributed by atoms with van der Waals surface area (Å²) < 4.78 is 5.47. The average molecular weight is 301 g/mol. The number of carbonyl (C=O) groups excluding carboxylic acids is 1. The van der Waals surface area contributed by atoms with E-state index in [-0.39, 0.29) is 5.78 Å². The SMILES string of the molecule is CN(CCc1cccs1)CC(=O)c1ccc2c(c1)CCO2. The van der Waals surface area contributed by atoms with E-state index < -0.39 is 0 Å². The first kappa shape index (κ1) is 14.3. The molecule has 0 aliphatic carbocycles. The Kier molecular flexibility index (Phi) is 4.36. The summed E-state index contributed by atoms with van der Waals surface area (Å²) in [5, 5.41) is 2.09. The van der Waals surface area contributed by atoms with Gasteiger partial charge in [0.05, 0.1) is 13.2 Å². The summed E-state index contributed by atoms with van der Waals surface area (Å²) in [5.74, 6) is 1.11. The topological polar surface area (TPSA) is 29.5 Å². The predicted molar refractivity (Wildman–Crippen MR) is 85.5 cm³/mol. The van der Waals surface area contributed by atoms with Crippen LogP contribution in [0.1, 0.15) is 20.8 Å². The van der Waals surface area contributed by atoms with Crippen molar-refractivity contribution in [2.75, 3.05) is 26.7 Å². The van der Waals surface area contributed by atoms with Crippen LogP contribution in [0.2, 0.25) is 0 Å². The fourth-order valence-corrected chi connectivity index (χ4v) is 3.23. The van der Waals surface area contributed by atoms with Crippen molar-refractivity contribution in [3.05, 3.63) is 51.7 Å². The molecule has 4 heteroatoms. The molecule has 0 atom stereocenters. The molecule has 1 aliphatic rings. The highest BCUT2D eigenvalue weighted by atomic mass is 32.1. The zero-order chi connectivity index (χ0) is 14.7. The van der Waals surface area contributed by atoms with Crippen molar-refractivity contribution in [1.29, 1.82) is 0 Å². The lowest BCUT2D eigenvalue weighted by atomic mass is 10.1. The van der Waals surface area contributed by atoms with Gasteiger partial charge in [0.1, 0.15) is 5.75 Å². The molecule has 2 heterocycles. The molecule has 3 rings (SSSR count). The Morgan fingerprint density at radius 1 is 1.38 bits per heavy atom. The molecule has 0 radical (unpaired) electrons. The molecule has 3 nitrogen and oxygen atoms in total. The number of ketones is 1. The minimum Gasteiger partial charge on any atom is -0.493 e. The largest absolute Gasteiger partial charge is 0.493 e. The number of rotatable bonds is 6. The maximum Gasteiger partial charge on any atom is 0.176 e. The van der Waals surface area contributed by atoms with Crippen LogP contribution in [0, 0.1) is 0 Å². The van der Waals surface area contributed by atoms with Gasteiger partial charge in [0, 0.05) is 23.4 Å². The Bertz CT molecular complexity index is 622. The zero-order valence-corrected chi connectivity index (χ0v) is 13.0. The van der Waals surface area contributed by atoms with Crippen LogP contribution in [-0.2, 0) is 12.8 Å². The lowest BCUT2D eigenvalue weighted by Gasteiger charge is -2.15. The van der Waals surface area contributed by atoms with Gasteiger partial charge in [-0.15, -0.1) is 11.3 Å². The lowest BCUT2D eigenvalue weighted by Crippen LogP contribution is -2.27. The summed E-state index contributed by atoms with van der Waals surface area (Å²) in [6, 6.07) is 9.98. The second-order valence-corrected chi connectivity index (χ2v) is 6.44. The Labute approximate surface area is 129 Å². The first-order valence-corrected chi connectivity index (χ1v) is 8.10. The van der Waals surface area contributed by atoms with Crippen molar-refractivity contribution >= 4 is 17.1 Å². The molecule has 0 spiro atoms. The number of Topliss-reactive ketones (excluding diaryl/α,β-unsaturated/α-hetero) is 1. The third kappa shape index (κ3) is 3.52. The summed E-state index contributed by atoms with van der Waals surface area (Å²) in [4.78, 5) is 15.8. The van der Waals surface area contributed by atoms with Crippen molar-refractivity contribution < 1.29 is 9.53 Å². The maximum atomic E-state index is 12.3. The predicted octanol–water partition coefficient (Wildman–Crippen LogP) is 3.04. The van der Waals surface area contributed by atoms with E-state index in [4.69, 9.17) is 4.74 Å². The molecule has 1 aliphatic heterocycles. The smallest absolute Gasteiger partial charge is 0.176 e. The number of benzene rings is 1. The van der Waals surface area contributed by atoms with E-state index in [2.05, 4.69) is 22.4 Å². The van der Waals surface area contributed by atoms with Crippen LogP contribution < -0.4 is 4.74 Å². The summed E-state index contributed by atoms with van der Waals surface area (Å²) in [7, 11) is 2.00. The molecule has 1 aromatic heterocycles. The van der Waals surface area contributed by atoms with Crippen molar-refractivity contribution in [1.82, 2.24) is 4.90 Å². The van der Waals surface area contributed by atoms with Crippen molar-refractivity contribution in [3.63, 3.8) is 0 Å². The quantitative estimate of drug-likeness (QED) is 0.768. The molecule has 1 aromatic carbocycles.